The van der Waals surface area contributed by atoms with Crippen LogP contribution in [0.3, 0.4) is 0 Å². The summed E-state index contributed by atoms with van der Waals surface area (Å²) in [5, 5.41) is 8.42. The van der Waals surface area contributed by atoms with Gasteiger partial charge in [-0.15, -0.1) is 0 Å². The second-order valence-corrected chi connectivity index (χ2v) is 11.8. The van der Waals surface area contributed by atoms with Crippen LogP contribution in [0.15, 0.2) is 60.7 Å². The highest BCUT2D eigenvalue weighted by Gasteiger charge is 2.32. The predicted octanol–water partition coefficient (Wildman–Crippen LogP) is 4.44. The molecule has 7 nitrogen and oxygen atoms in total. The zero-order valence-corrected chi connectivity index (χ0v) is 21.4. The van der Waals surface area contributed by atoms with Gasteiger partial charge in [0.15, 0.2) is 15.5 Å². The molecule has 2 aromatic heterocycles. The van der Waals surface area contributed by atoms with Crippen LogP contribution in [-0.2, 0) is 16.3 Å². The number of benzene rings is 2. The standard InChI is InChI=1S/C28H30N4O3S/c1-19-10-12-22(13-11-19)25-17-24(28(33)29-15-6-9-21-7-4-3-5-8-21)26-20(2)31-32(27(26)30-25)23-14-16-36(34,35)18-23/h3-5,7-8,10-13,17,23H,6,9,14-16,18H2,1-2H3,(H,29,33). The second kappa shape index (κ2) is 9.85. The Morgan fingerprint density at radius 1 is 1.08 bits per heavy atom. The van der Waals surface area contributed by atoms with Gasteiger partial charge in [-0.05, 0) is 44.7 Å². The van der Waals surface area contributed by atoms with Gasteiger partial charge in [-0.3, -0.25) is 4.79 Å². The van der Waals surface area contributed by atoms with E-state index in [0.29, 0.717) is 41.0 Å². The minimum absolute atomic E-state index is 0.0423. The number of nitrogens with one attached hydrogen (secondary N) is 1. The molecule has 36 heavy (non-hydrogen) atoms. The molecule has 186 valence electrons. The Balaban J connectivity index is 1.49. The van der Waals surface area contributed by atoms with Gasteiger partial charge in [-0.1, -0.05) is 60.2 Å². The van der Waals surface area contributed by atoms with Crippen molar-refractivity contribution in [3.05, 3.63) is 83.0 Å². The van der Waals surface area contributed by atoms with Crippen molar-refractivity contribution in [2.24, 2.45) is 0 Å². The van der Waals surface area contributed by atoms with Gasteiger partial charge < -0.3 is 5.32 Å². The van der Waals surface area contributed by atoms with Gasteiger partial charge in [0.25, 0.3) is 5.91 Å². The summed E-state index contributed by atoms with van der Waals surface area (Å²) < 4.78 is 26.1. The third-order valence-electron chi connectivity index (χ3n) is 6.75. The highest BCUT2D eigenvalue weighted by atomic mass is 32.2. The van der Waals surface area contributed by atoms with Crippen molar-refractivity contribution in [2.45, 2.75) is 39.2 Å². The van der Waals surface area contributed by atoms with E-state index in [1.165, 1.54) is 5.56 Å². The number of aryl methyl sites for hydroxylation is 3. The second-order valence-electron chi connectivity index (χ2n) is 9.55. The molecule has 1 N–H and O–H groups in total. The highest BCUT2D eigenvalue weighted by Crippen LogP contribution is 2.32. The number of rotatable bonds is 7. The van der Waals surface area contributed by atoms with E-state index in [0.717, 1.165) is 24.0 Å². The van der Waals surface area contributed by atoms with Crippen LogP contribution in [0, 0.1) is 13.8 Å². The van der Waals surface area contributed by atoms with Crippen molar-refractivity contribution >= 4 is 26.8 Å². The fourth-order valence-corrected chi connectivity index (χ4v) is 6.51. The maximum absolute atomic E-state index is 13.4. The van der Waals surface area contributed by atoms with E-state index >= 15 is 0 Å². The molecule has 2 aromatic carbocycles. The lowest BCUT2D eigenvalue weighted by molar-refractivity contribution is 0.0954. The monoisotopic (exact) mass is 502 g/mol. The molecular formula is C28H30N4O3S. The van der Waals surface area contributed by atoms with Gasteiger partial charge in [0.05, 0.1) is 39.9 Å². The van der Waals surface area contributed by atoms with Crippen molar-refractivity contribution in [3.63, 3.8) is 0 Å². The molecule has 8 heteroatoms. The van der Waals surface area contributed by atoms with Crippen LogP contribution in [0.2, 0.25) is 0 Å². The van der Waals surface area contributed by atoms with Crippen molar-refractivity contribution in [1.29, 1.82) is 0 Å². The van der Waals surface area contributed by atoms with Gasteiger partial charge in [0.2, 0.25) is 0 Å². The Morgan fingerprint density at radius 3 is 2.53 bits per heavy atom. The van der Waals surface area contributed by atoms with Crippen LogP contribution in [0.4, 0.5) is 0 Å². The van der Waals surface area contributed by atoms with Crippen LogP contribution in [0.5, 0.6) is 0 Å². The predicted molar refractivity (Wildman–Crippen MR) is 142 cm³/mol. The summed E-state index contributed by atoms with van der Waals surface area (Å²) in [5.41, 5.74) is 5.68. The van der Waals surface area contributed by atoms with E-state index in [9.17, 15) is 13.2 Å². The third kappa shape index (κ3) is 5.04. The molecule has 1 atom stereocenters. The number of aromatic nitrogens is 3. The van der Waals surface area contributed by atoms with E-state index in [-0.39, 0.29) is 23.5 Å². The van der Waals surface area contributed by atoms with Crippen LogP contribution in [0.1, 0.15) is 46.1 Å². The first kappa shape index (κ1) is 24.2. The maximum Gasteiger partial charge on any atom is 0.252 e. The van der Waals surface area contributed by atoms with Gasteiger partial charge in [0, 0.05) is 12.1 Å². The maximum atomic E-state index is 13.4. The number of hydrogen-bond acceptors (Lipinski definition) is 5. The Kier molecular flexibility index (Phi) is 6.62. The van der Waals surface area contributed by atoms with Gasteiger partial charge >= 0.3 is 0 Å². The Labute approximate surface area is 211 Å². The van der Waals surface area contributed by atoms with Crippen molar-refractivity contribution < 1.29 is 13.2 Å². The van der Waals surface area contributed by atoms with Crippen LogP contribution >= 0.6 is 0 Å². The summed E-state index contributed by atoms with van der Waals surface area (Å²) in [6, 6.07) is 19.7. The number of pyridine rings is 1. The number of amides is 1. The van der Waals surface area contributed by atoms with Gasteiger partial charge in [-0.25, -0.2) is 18.1 Å². The molecule has 3 heterocycles. The summed E-state index contributed by atoms with van der Waals surface area (Å²) >= 11 is 0. The molecule has 0 saturated carbocycles. The first-order valence-electron chi connectivity index (χ1n) is 12.3. The summed E-state index contributed by atoms with van der Waals surface area (Å²) in [5.74, 6) is 0.0102. The Bertz CT molecular complexity index is 1510. The molecule has 5 rings (SSSR count). The average molecular weight is 503 g/mol. The lowest BCUT2D eigenvalue weighted by Crippen LogP contribution is -2.25. The molecule has 1 aliphatic rings. The van der Waals surface area contributed by atoms with Gasteiger partial charge in [-0.2, -0.15) is 5.10 Å². The topological polar surface area (TPSA) is 94.0 Å². The Morgan fingerprint density at radius 2 is 1.83 bits per heavy atom. The van der Waals surface area contributed by atoms with Crippen molar-refractivity contribution in [1.82, 2.24) is 20.1 Å². The molecule has 0 aliphatic carbocycles. The molecule has 0 bridgehead atoms. The number of fused-ring (bicyclic) bond motifs is 1. The fourth-order valence-electron chi connectivity index (χ4n) is 4.82. The average Bonchev–Trinajstić information content (AvgIpc) is 3.40. The van der Waals surface area contributed by atoms with Crippen molar-refractivity contribution in [2.75, 3.05) is 18.1 Å². The number of hydrogen-bond donors (Lipinski definition) is 1. The molecule has 1 aliphatic heterocycles. The Hall–Kier alpha value is -3.52. The summed E-state index contributed by atoms with van der Waals surface area (Å²) in [6.07, 6.45) is 2.21. The lowest BCUT2D eigenvalue weighted by Gasteiger charge is -2.12. The minimum Gasteiger partial charge on any atom is -0.352 e. The third-order valence-corrected chi connectivity index (χ3v) is 8.50. The van der Waals surface area contributed by atoms with Crippen LogP contribution < -0.4 is 5.32 Å². The van der Waals surface area contributed by atoms with E-state index in [2.05, 4.69) is 22.5 Å². The summed E-state index contributed by atoms with van der Waals surface area (Å²) in [7, 11) is -3.10. The number of carbonyl (C=O) groups excluding carboxylic acids is 1. The molecular weight excluding hydrogens is 472 g/mol. The highest BCUT2D eigenvalue weighted by molar-refractivity contribution is 7.91. The minimum atomic E-state index is -3.10. The van der Waals surface area contributed by atoms with E-state index in [1.807, 2.05) is 62.4 Å². The van der Waals surface area contributed by atoms with E-state index in [4.69, 9.17) is 4.98 Å². The molecule has 4 aromatic rings. The molecule has 1 saturated heterocycles. The first-order chi connectivity index (χ1) is 17.3. The van der Waals surface area contributed by atoms with E-state index in [1.54, 1.807) is 4.68 Å². The van der Waals surface area contributed by atoms with Gasteiger partial charge in [0.1, 0.15) is 0 Å². The smallest absolute Gasteiger partial charge is 0.252 e. The summed E-state index contributed by atoms with van der Waals surface area (Å²) in [6.45, 7) is 4.42. The molecule has 0 spiro atoms. The molecule has 1 unspecified atom stereocenters. The number of sulfone groups is 1. The summed E-state index contributed by atoms with van der Waals surface area (Å²) in [4.78, 5) is 18.3. The first-order valence-corrected chi connectivity index (χ1v) is 14.1. The molecule has 1 amide bonds. The van der Waals surface area contributed by atoms with Crippen molar-refractivity contribution in [3.8, 4) is 11.3 Å². The number of nitrogens with zero attached hydrogens (tertiary/aromatic N) is 3. The van der Waals surface area contributed by atoms with E-state index < -0.39 is 9.84 Å². The normalized spacial score (nSPS) is 16.9. The lowest BCUT2D eigenvalue weighted by atomic mass is 10.0. The quantitative estimate of drug-likeness (QED) is 0.377. The van der Waals surface area contributed by atoms with Crippen LogP contribution in [-0.4, -0.2) is 47.1 Å². The fraction of sp³-hybridized carbons (Fsp3) is 0.321. The zero-order chi connectivity index (χ0) is 25.3. The van der Waals surface area contributed by atoms with Crippen LogP contribution in [0.25, 0.3) is 22.3 Å². The zero-order valence-electron chi connectivity index (χ0n) is 20.6. The largest absolute Gasteiger partial charge is 0.352 e. The SMILES string of the molecule is Cc1ccc(-c2cc(C(=O)NCCCc3ccccc3)c3c(C)nn(C4CCS(=O)(=O)C4)c3n2)cc1. The number of carbonyl (C=O) groups is 1. The molecule has 1 fully saturated rings. The molecule has 0 radical (unpaired) electrons.